The molecule has 2 saturated heterocycles. The maximum Gasteiger partial charge on any atom is 0.417 e. The van der Waals surface area contributed by atoms with Gasteiger partial charge in [0.25, 0.3) is 0 Å². The monoisotopic (exact) mass is 444 g/mol. The fourth-order valence-electron chi connectivity index (χ4n) is 4.43. The Bertz CT molecular complexity index is 980. The van der Waals surface area contributed by atoms with E-state index in [0.29, 0.717) is 38.9 Å². The highest BCUT2D eigenvalue weighted by atomic mass is 32.2. The fourth-order valence-corrected chi connectivity index (χ4v) is 5.27. The van der Waals surface area contributed by atoms with E-state index in [1.54, 1.807) is 11.0 Å². The van der Waals surface area contributed by atoms with Gasteiger partial charge in [-0.2, -0.15) is 18.4 Å². The number of nitrogens with zero attached hydrogens (tertiary/aromatic N) is 3. The molecule has 11 heteroatoms. The molecular formula is C19H23F3N4O3S. The van der Waals surface area contributed by atoms with Crippen LogP contribution in [0.4, 0.5) is 18.9 Å². The molecule has 0 aromatic heterocycles. The van der Waals surface area contributed by atoms with Crippen LogP contribution >= 0.6 is 0 Å². The molecular weight excluding hydrogens is 421 g/mol. The Morgan fingerprint density at radius 3 is 2.43 bits per heavy atom. The predicted molar refractivity (Wildman–Crippen MR) is 104 cm³/mol. The summed E-state index contributed by atoms with van der Waals surface area (Å²) < 4.78 is 65.2. The second-order valence-electron chi connectivity index (χ2n) is 7.96. The highest BCUT2D eigenvalue weighted by Gasteiger charge is 2.49. The summed E-state index contributed by atoms with van der Waals surface area (Å²) in [6.07, 6.45) is -2.08. The largest absolute Gasteiger partial charge is 0.417 e. The third-order valence-electron chi connectivity index (χ3n) is 6.07. The summed E-state index contributed by atoms with van der Waals surface area (Å²) in [7, 11) is -1.85. The first-order valence-corrected chi connectivity index (χ1v) is 11.3. The van der Waals surface area contributed by atoms with Crippen molar-refractivity contribution in [3.05, 3.63) is 29.3 Å². The average Bonchev–Trinajstić information content (AvgIpc) is 3.04. The van der Waals surface area contributed by atoms with Crippen molar-refractivity contribution < 1.29 is 26.4 Å². The molecule has 3 rings (SSSR count). The van der Waals surface area contributed by atoms with Crippen LogP contribution in [0.3, 0.4) is 0 Å². The van der Waals surface area contributed by atoms with E-state index in [-0.39, 0.29) is 17.0 Å². The number of nitriles is 1. The maximum absolute atomic E-state index is 13.4. The molecule has 2 aliphatic heterocycles. The molecule has 1 aromatic rings. The molecule has 7 nitrogen and oxygen atoms in total. The van der Waals surface area contributed by atoms with Crippen LogP contribution in [-0.2, 0) is 21.0 Å². The molecule has 0 saturated carbocycles. The fraction of sp³-hybridized carbons (Fsp3) is 0.579. The number of nitrogens with one attached hydrogen (secondary N) is 1. The quantitative estimate of drug-likeness (QED) is 0.769. The molecule has 1 N–H and O–H groups in total. The third kappa shape index (κ3) is 4.25. The minimum Gasteiger partial charge on any atom is -0.359 e. The van der Waals surface area contributed by atoms with Crippen LogP contribution < -0.4 is 10.2 Å². The Morgan fingerprint density at radius 2 is 1.93 bits per heavy atom. The van der Waals surface area contributed by atoms with E-state index in [9.17, 15) is 26.4 Å². The first kappa shape index (κ1) is 22.4. The summed E-state index contributed by atoms with van der Waals surface area (Å²) in [5.74, 6) is -0.310. The highest BCUT2D eigenvalue weighted by molar-refractivity contribution is 7.88. The second-order valence-corrected chi connectivity index (χ2v) is 9.95. The molecule has 2 heterocycles. The number of benzene rings is 1. The van der Waals surface area contributed by atoms with Crippen LogP contribution in [0.25, 0.3) is 0 Å². The molecule has 0 radical (unpaired) electrons. The maximum atomic E-state index is 13.4. The van der Waals surface area contributed by atoms with Gasteiger partial charge in [0, 0.05) is 32.4 Å². The number of sulfonamides is 1. The number of halogens is 3. The Labute approximate surface area is 173 Å². The van der Waals surface area contributed by atoms with Gasteiger partial charge in [0.2, 0.25) is 15.9 Å². The Balaban J connectivity index is 1.94. The number of rotatable bonds is 3. The van der Waals surface area contributed by atoms with Gasteiger partial charge in [-0.05, 0) is 42.9 Å². The summed E-state index contributed by atoms with van der Waals surface area (Å²) >= 11 is 0. The lowest BCUT2D eigenvalue weighted by atomic mass is 9.77. The lowest BCUT2D eigenvalue weighted by Crippen LogP contribution is -2.43. The first-order chi connectivity index (χ1) is 13.9. The zero-order valence-corrected chi connectivity index (χ0v) is 17.5. The van der Waals surface area contributed by atoms with E-state index in [1.165, 1.54) is 17.4 Å². The molecule has 2 aliphatic rings. The number of piperidine rings is 1. The molecule has 1 atom stereocenters. The van der Waals surface area contributed by atoms with Crippen molar-refractivity contribution in [2.24, 2.45) is 5.41 Å². The number of amides is 1. The van der Waals surface area contributed by atoms with E-state index in [1.807, 2.05) is 0 Å². The SMILES string of the molecule is CNC(=O)C1CC2(CCN(S(C)(=O)=O)CC2)CN1c1ccc(C#N)c(C(F)(F)F)c1. The molecule has 1 amide bonds. The van der Waals surface area contributed by atoms with Gasteiger partial charge in [0.15, 0.2) is 0 Å². The van der Waals surface area contributed by atoms with Crippen molar-refractivity contribution in [3.63, 3.8) is 0 Å². The van der Waals surface area contributed by atoms with Crippen molar-refractivity contribution in [3.8, 4) is 6.07 Å². The number of hydrogen-bond donors (Lipinski definition) is 1. The highest BCUT2D eigenvalue weighted by Crippen LogP contribution is 2.46. The lowest BCUT2D eigenvalue weighted by molar-refractivity contribution is -0.137. The minimum atomic E-state index is -4.69. The van der Waals surface area contributed by atoms with Gasteiger partial charge in [-0.1, -0.05) is 0 Å². The van der Waals surface area contributed by atoms with E-state index < -0.39 is 33.4 Å². The van der Waals surface area contributed by atoms with Gasteiger partial charge in [-0.25, -0.2) is 12.7 Å². The first-order valence-electron chi connectivity index (χ1n) is 9.45. The summed E-state index contributed by atoms with van der Waals surface area (Å²) in [6.45, 7) is 0.967. The molecule has 2 fully saturated rings. The van der Waals surface area contributed by atoms with Crippen LogP contribution in [-0.4, -0.2) is 57.6 Å². The Morgan fingerprint density at radius 1 is 1.30 bits per heavy atom. The molecule has 1 spiro atoms. The summed E-state index contributed by atoms with van der Waals surface area (Å²) in [5.41, 5.74) is -1.66. The van der Waals surface area contributed by atoms with Crippen LogP contribution in [0.1, 0.15) is 30.4 Å². The molecule has 30 heavy (non-hydrogen) atoms. The number of anilines is 1. The normalized spacial score (nSPS) is 22.1. The molecule has 1 unspecified atom stereocenters. The second kappa shape index (κ2) is 7.74. The smallest absolute Gasteiger partial charge is 0.359 e. The van der Waals surface area contributed by atoms with Gasteiger partial charge in [-0.3, -0.25) is 4.79 Å². The molecule has 0 bridgehead atoms. The number of likely N-dealkylation sites (N-methyl/N-ethyl adjacent to an activating group) is 1. The van der Waals surface area contributed by atoms with E-state index in [0.717, 1.165) is 18.4 Å². The van der Waals surface area contributed by atoms with Crippen LogP contribution in [0, 0.1) is 16.7 Å². The van der Waals surface area contributed by atoms with E-state index >= 15 is 0 Å². The van der Waals surface area contributed by atoms with Gasteiger partial charge < -0.3 is 10.2 Å². The lowest BCUT2D eigenvalue weighted by Gasteiger charge is -2.38. The molecule has 1 aromatic carbocycles. The molecule has 0 aliphatic carbocycles. The van der Waals surface area contributed by atoms with Gasteiger partial charge in [-0.15, -0.1) is 0 Å². The van der Waals surface area contributed by atoms with Crippen molar-refractivity contribution in [1.29, 1.82) is 5.26 Å². The Hall–Kier alpha value is -2.32. The summed E-state index contributed by atoms with van der Waals surface area (Å²) in [5, 5.41) is 11.6. The van der Waals surface area contributed by atoms with Crippen LogP contribution in [0.5, 0.6) is 0 Å². The predicted octanol–water partition coefficient (Wildman–Crippen LogP) is 1.94. The molecule has 164 valence electrons. The topological polar surface area (TPSA) is 93.5 Å². The minimum absolute atomic E-state index is 0.220. The van der Waals surface area contributed by atoms with Crippen molar-refractivity contribution in [2.75, 3.05) is 37.8 Å². The zero-order chi connectivity index (χ0) is 22.3. The van der Waals surface area contributed by atoms with E-state index in [2.05, 4.69) is 5.32 Å². The number of carbonyl (C=O) groups excluding carboxylic acids is 1. The average molecular weight is 444 g/mol. The third-order valence-corrected chi connectivity index (χ3v) is 7.37. The summed E-state index contributed by atoms with van der Waals surface area (Å²) in [4.78, 5) is 14.2. The number of carbonyl (C=O) groups is 1. The standard InChI is InChI=1S/C19H23F3N4O3S/c1-24-17(27)16-10-18(5-7-25(8-6-18)30(2,28)29)12-26(16)14-4-3-13(11-23)15(9-14)19(20,21)22/h3-4,9,16H,5-8,10,12H2,1-2H3,(H,24,27). The van der Waals surface area contributed by atoms with Gasteiger partial charge in [0.05, 0.1) is 23.5 Å². The van der Waals surface area contributed by atoms with Gasteiger partial charge in [0.1, 0.15) is 6.04 Å². The van der Waals surface area contributed by atoms with Crippen molar-refractivity contribution in [1.82, 2.24) is 9.62 Å². The Kier molecular flexibility index (Phi) is 5.77. The number of hydrogen-bond acceptors (Lipinski definition) is 5. The zero-order valence-electron chi connectivity index (χ0n) is 16.7. The van der Waals surface area contributed by atoms with Crippen LogP contribution in [0.15, 0.2) is 18.2 Å². The van der Waals surface area contributed by atoms with E-state index in [4.69, 9.17) is 5.26 Å². The van der Waals surface area contributed by atoms with Crippen LogP contribution in [0.2, 0.25) is 0 Å². The van der Waals surface area contributed by atoms with Crippen molar-refractivity contribution >= 4 is 21.6 Å². The van der Waals surface area contributed by atoms with Gasteiger partial charge >= 0.3 is 6.18 Å². The number of alkyl halides is 3. The summed E-state index contributed by atoms with van der Waals surface area (Å²) in [6, 6.07) is 4.35. The van der Waals surface area contributed by atoms with Crippen molar-refractivity contribution in [2.45, 2.75) is 31.5 Å².